The van der Waals surface area contributed by atoms with E-state index >= 15 is 0 Å². The first-order chi connectivity index (χ1) is 10.7. The Bertz CT molecular complexity index is 696. The van der Waals surface area contributed by atoms with Gasteiger partial charge < -0.3 is 10.6 Å². The van der Waals surface area contributed by atoms with Crippen molar-refractivity contribution in [1.29, 1.82) is 0 Å². The van der Waals surface area contributed by atoms with Gasteiger partial charge in [-0.2, -0.15) is 0 Å². The number of nitrogens with zero attached hydrogens (tertiary/aromatic N) is 1. The van der Waals surface area contributed by atoms with Crippen molar-refractivity contribution >= 4 is 16.6 Å². The molecule has 4 heteroatoms. The molecule has 0 spiro atoms. The third-order valence-electron chi connectivity index (χ3n) is 5.04. The molecule has 0 radical (unpaired) electrons. The number of nitrogens with one attached hydrogen (secondary N) is 2. The summed E-state index contributed by atoms with van der Waals surface area (Å²) in [5.74, 6) is 1.52. The van der Waals surface area contributed by atoms with E-state index in [4.69, 9.17) is 0 Å². The van der Waals surface area contributed by atoms with Crippen LogP contribution in [-0.2, 0) is 0 Å². The molecule has 116 valence electrons. The first kappa shape index (κ1) is 13.9. The molecule has 2 aromatic rings. The molecule has 4 rings (SSSR count). The van der Waals surface area contributed by atoms with Crippen LogP contribution in [0.25, 0.3) is 10.9 Å². The van der Waals surface area contributed by atoms with Gasteiger partial charge >= 0.3 is 0 Å². The number of aryl methyl sites for hydroxylation is 1. The predicted molar refractivity (Wildman–Crippen MR) is 87.5 cm³/mol. The molecule has 2 heterocycles. The zero-order valence-electron chi connectivity index (χ0n) is 12.9. The number of pyridine rings is 1. The summed E-state index contributed by atoms with van der Waals surface area (Å²) in [5, 5.41) is 8.03. The van der Waals surface area contributed by atoms with Gasteiger partial charge in [-0.15, -0.1) is 0 Å². The van der Waals surface area contributed by atoms with Gasteiger partial charge in [0.25, 0.3) is 0 Å². The maximum atomic E-state index is 13.6. The molecule has 2 unspecified atom stereocenters. The Labute approximate surface area is 130 Å². The fourth-order valence-corrected chi connectivity index (χ4v) is 3.80. The number of benzene rings is 1. The number of hydrogen-bond donors (Lipinski definition) is 2. The van der Waals surface area contributed by atoms with Crippen LogP contribution in [0.3, 0.4) is 0 Å². The van der Waals surface area contributed by atoms with Gasteiger partial charge in [-0.25, -0.2) is 4.39 Å². The highest BCUT2D eigenvalue weighted by Gasteiger charge is 2.38. The van der Waals surface area contributed by atoms with Crippen molar-refractivity contribution in [3.05, 3.63) is 35.8 Å². The Morgan fingerprint density at radius 3 is 2.95 bits per heavy atom. The number of anilines is 1. The molecule has 0 bridgehead atoms. The van der Waals surface area contributed by atoms with Gasteiger partial charge in [0.1, 0.15) is 5.82 Å². The Kier molecular flexibility index (Phi) is 3.49. The molecule has 3 nitrogen and oxygen atoms in total. The molecule has 2 fully saturated rings. The molecule has 1 aromatic carbocycles. The zero-order chi connectivity index (χ0) is 15.1. The van der Waals surface area contributed by atoms with Crippen LogP contribution in [0.15, 0.2) is 24.3 Å². The van der Waals surface area contributed by atoms with E-state index in [2.05, 4.69) is 15.6 Å². The summed E-state index contributed by atoms with van der Waals surface area (Å²) < 4.78 is 13.6. The van der Waals surface area contributed by atoms with Crippen LogP contribution < -0.4 is 10.6 Å². The minimum atomic E-state index is -0.212. The largest absolute Gasteiger partial charge is 0.383 e. The predicted octanol–water partition coefficient (Wildman–Crippen LogP) is 3.48. The van der Waals surface area contributed by atoms with Gasteiger partial charge in [0, 0.05) is 29.4 Å². The van der Waals surface area contributed by atoms with Crippen molar-refractivity contribution < 1.29 is 4.39 Å². The van der Waals surface area contributed by atoms with Crippen LogP contribution in [0.5, 0.6) is 0 Å². The van der Waals surface area contributed by atoms with Crippen molar-refractivity contribution in [1.82, 2.24) is 10.3 Å². The molecular formula is C18H22FN3. The minimum absolute atomic E-state index is 0.212. The topological polar surface area (TPSA) is 37.0 Å². The minimum Gasteiger partial charge on any atom is -0.383 e. The summed E-state index contributed by atoms with van der Waals surface area (Å²) in [4.78, 5) is 4.49. The fraction of sp³-hybridized carbons (Fsp3) is 0.500. The van der Waals surface area contributed by atoms with Crippen molar-refractivity contribution in [2.24, 2.45) is 11.8 Å². The van der Waals surface area contributed by atoms with E-state index in [9.17, 15) is 4.39 Å². The van der Waals surface area contributed by atoms with Crippen LogP contribution in [0.2, 0.25) is 0 Å². The number of rotatable bonds is 4. The molecule has 1 saturated heterocycles. The van der Waals surface area contributed by atoms with Crippen molar-refractivity contribution in [2.75, 3.05) is 18.4 Å². The Morgan fingerprint density at radius 1 is 1.27 bits per heavy atom. The van der Waals surface area contributed by atoms with Gasteiger partial charge in [-0.3, -0.25) is 4.98 Å². The van der Waals surface area contributed by atoms with Gasteiger partial charge in [0.05, 0.1) is 5.52 Å². The fourth-order valence-electron chi connectivity index (χ4n) is 3.80. The zero-order valence-corrected chi connectivity index (χ0v) is 12.9. The Balaban J connectivity index is 1.57. The lowest BCUT2D eigenvalue weighted by atomic mass is 9.95. The quantitative estimate of drug-likeness (QED) is 0.907. The Morgan fingerprint density at radius 2 is 2.14 bits per heavy atom. The first-order valence-electron chi connectivity index (χ1n) is 8.25. The van der Waals surface area contributed by atoms with Gasteiger partial charge in [-0.1, -0.05) is 0 Å². The number of halogens is 1. The van der Waals surface area contributed by atoms with Crippen LogP contribution >= 0.6 is 0 Å². The lowest BCUT2D eigenvalue weighted by Gasteiger charge is -2.21. The molecular weight excluding hydrogens is 277 g/mol. The van der Waals surface area contributed by atoms with Gasteiger partial charge in [0.15, 0.2) is 0 Å². The summed E-state index contributed by atoms with van der Waals surface area (Å²) in [6.07, 6.45) is 4.08. The Hall–Kier alpha value is -1.68. The van der Waals surface area contributed by atoms with Crippen LogP contribution in [0.4, 0.5) is 10.1 Å². The third-order valence-corrected chi connectivity index (χ3v) is 5.04. The summed E-state index contributed by atoms with van der Waals surface area (Å²) in [6, 6.07) is 7.35. The molecule has 2 atom stereocenters. The van der Waals surface area contributed by atoms with Crippen LogP contribution in [0.1, 0.15) is 25.0 Å². The second kappa shape index (κ2) is 5.51. The van der Waals surface area contributed by atoms with E-state index in [0.717, 1.165) is 47.2 Å². The first-order valence-corrected chi connectivity index (χ1v) is 8.25. The summed E-state index contributed by atoms with van der Waals surface area (Å²) in [6.45, 7) is 4.00. The second-order valence-electron chi connectivity index (χ2n) is 6.70. The maximum absolute atomic E-state index is 13.6. The lowest BCUT2D eigenvalue weighted by molar-refractivity contribution is 0.413. The number of fused-ring (bicyclic) bond motifs is 1. The lowest BCUT2D eigenvalue weighted by Crippen LogP contribution is -2.35. The maximum Gasteiger partial charge on any atom is 0.124 e. The van der Waals surface area contributed by atoms with Crippen LogP contribution in [-0.4, -0.2) is 24.1 Å². The van der Waals surface area contributed by atoms with Crippen molar-refractivity contribution in [2.45, 2.75) is 32.2 Å². The van der Waals surface area contributed by atoms with Gasteiger partial charge in [-0.05, 0) is 68.8 Å². The van der Waals surface area contributed by atoms with E-state index < -0.39 is 0 Å². The van der Waals surface area contributed by atoms with Crippen LogP contribution in [0, 0.1) is 24.6 Å². The monoisotopic (exact) mass is 299 g/mol. The van der Waals surface area contributed by atoms with E-state index in [0.29, 0.717) is 6.04 Å². The number of aromatic nitrogens is 1. The molecule has 1 aliphatic carbocycles. The molecule has 1 aliphatic heterocycles. The highest BCUT2D eigenvalue weighted by molar-refractivity contribution is 5.91. The van der Waals surface area contributed by atoms with E-state index in [1.54, 1.807) is 12.1 Å². The van der Waals surface area contributed by atoms with E-state index in [1.807, 2.05) is 13.0 Å². The highest BCUT2D eigenvalue weighted by Crippen LogP contribution is 2.42. The smallest absolute Gasteiger partial charge is 0.124 e. The molecule has 1 saturated carbocycles. The summed E-state index contributed by atoms with van der Waals surface area (Å²) >= 11 is 0. The molecule has 1 aromatic heterocycles. The van der Waals surface area contributed by atoms with Crippen molar-refractivity contribution in [3.63, 3.8) is 0 Å². The SMILES string of the molecule is Cc1cc(NCC2NCCC2C2CC2)c2cc(F)ccc2n1. The summed E-state index contributed by atoms with van der Waals surface area (Å²) in [5.41, 5.74) is 2.80. The van der Waals surface area contributed by atoms with E-state index in [1.165, 1.54) is 25.3 Å². The average Bonchev–Trinajstić information content (AvgIpc) is 3.24. The second-order valence-corrected chi connectivity index (χ2v) is 6.70. The highest BCUT2D eigenvalue weighted by atomic mass is 19.1. The van der Waals surface area contributed by atoms with E-state index in [-0.39, 0.29) is 5.82 Å². The standard InChI is InChI=1S/C18H22FN3/c1-11-8-17(15-9-13(19)4-5-16(15)22-11)21-10-18-14(6-7-20-18)12-2-3-12/h4-5,8-9,12,14,18,20H,2-3,6-7,10H2,1H3,(H,21,22). The molecule has 22 heavy (non-hydrogen) atoms. The van der Waals surface area contributed by atoms with Crippen molar-refractivity contribution in [3.8, 4) is 0 Å². The number of hydrogen-bond acceptors (Lipinski definition) is 3. The normalized spacial score (nSPS) is 24.8. The van der Waals surface area contributed by atoms with Gasteiger partial charge in [0.2, 0.25) is 0 Å². The third kappa shape index (κ3) is 2.68. The molecule has 2 aliphatic rings. The molecule has 2 N–H and O–H groups in total. The molecule has 0 amide bonds. The summed E-state index contributed by atoms with van der Waals surface area (Å²) in [7, 11) is 0. The average molecular weight is 299 g/mol.